The van der Waals surface area contributed by atoms with Gasteiger partial charge in [-0.3, -0.25) is 14.4 Å². The van der Waals surface area contributed by atoms with Crippen LogP contribution in [0.4, 0.5) is 10.5 Å². The lowest BCUT2D eigenvalue weighted by atomic mass is 9.90. The number of anilines is 1. The fourth-order valence-electron chi connectivity index (χ4n) is 2.73. The number of amides is 4. The standard InChI is InChI=1S/C19H24N4O6/c1-9(17(20)27)21-18(28)12-7-14(16(26)15(25)8-12)23-19(29)22-13-5-3-11(4-6-13)10(2)24/h3-7,9,14-16,25-26H,8H2,1-2H3,(H2,20,27)(H,21,28)(H2,22,23,29)/t9-,14-,15-,16-/m1/s1. The van der Waals surface area contributed by atoms with Gasteiger partial charge in [0.1, 0.15) is 12.1 Å². The van der Waals surface area contributed by atoms with Crippen molar-refractivity contribution in [2.75, 3.05) is 5.32 Å². The van der Waals surface area contributed by atoms with Crippen LogP contribution in [-0.4, -0.2) is 58.1 Å². The van der Waals surface area contributed by atoms with Crippen LogP contribution in [0.5, 0.6) is 0 Å². The molecule has 10 nitrogen and oxygen atoms in total. The summed E-state index contributed by atoms with van der Waals surface area (Å²) in [5.74, 6) is -1.46. The molecule has 4 amide bonds. The van der Waals surface area contributed by atoms with Gasteiger partial charge in [-0.1, -0.05) is 6.08 Å². The second kappa shape index (κ2) is 9.30. The molecule has 0 saturated carbocycles. The number of urea groups is 1. The minimum atomic E-state index is -1.33. The van der Waals surface area contributed by atoms with Crippen LogP contribution in [0.2, 0.25) is 0 Å². The molecule has 0 bridgehead atoms. The lowest BCUT2D eigenvalue weighted by molar-refractivity contribution is -0.125. The van der Waals surface area contributed by atoms with Crippen LogP contribution in [0.3, 0.4) is 0 Å². The zero-order valence-corrected chi connectivity index (χ0v) is 16.0. The van der Waals surface area contributed by atoms with Gasteiger partial charge in [0, 0.05) is 23.2 Å². The van der Waals surface area contributed by atoms with Gasteiger partial charge < -0.3 is 31.9 Å². The van der Waals surface area contributed by atoms with Crippen molar-refractivity contribution >= 4 is 29.3 Å². The van der Waals surface area contributed by atoms with E-state index in [2.05, 4.69) is 16.0 Å². The number of nitrogens with one attached hydrogen (secondary N) is 3. The van der Waals surface area contributed by atoms with Gasteiger partial charge in [-0.05, 0) is 38.1 Å². The third-order valence-corrected chi connectivity index (χ3v) is 4.49. The summed E-state index contributed by atoms with van der Waals surface area (Å²) in [7, 11) is 0. The first kappa shape index (κ1) is 22.1. The zero-order valence-electron chi connectivity index (χ0n) is 16.0. The van der Waals surface area contributed by atoms with E-state index < -0.39 is 42.1 Å². The molecular formula is C19H24N4O6. The summed E-state index contributed by atoms with van der Waals surface area (Å²) in [6.45, 7) is 2.84. The molecule has 2 rings (SSSR count). The number of hydrogen-bond acceptors (Lipinski definition) is 6. The van der Waals surface area contributed by atoms with Crippen molar-refractivity contribution in [2.24, 2.45) is 5.73 Å². The Bertz CT molecular complexity index is 836. The molecule has 7 N–H and O–H groups in total. The maximum Gasteiger partial charge on any atom is 0.319 e. The summed E-state index contributed by atoms with van der Waals surface area (Å²) >= 11 is 0. The van der Waals surface area contributed by atoms with E-state index in [1.807, 2.05) is 0 Å². The number of hydrogen-bond donors (Lipinski definition) is 6. The van der Waals surface area contributed by atoms with Gasteiger partial charge in [0.05, 0.1) is 12.1 Å². The first-order valence-electron chi connectivity index (χ1n) is 8.94. The van der Waals surface area contributed by atoms with Gasteiger partial charge in [-0.25, -0.2) is 4.79 Å². The monoisotopic (exact) mass is 404 g/mol. The molecule has 0 unspecified atom stereocenters. The summed E-state index contributed by atoms with van der Waals surface area (Å²) < 4.78 is 0. The Morgan fingerprint density at radius 2 is 1.76 bits per heavy atom. The zero-order chi connectivity index (χ0) is 21.7. The number of Topliss-reactive ketones (excluding diaryl/α,β-unsaturated/α-hetero) is 1. The topological polar surface area (TPSA) is 171 Å². The van der Waals surface area contributed by atoms with E-state index >= 15 is 0 Å². The molecule has 0 aliphatic heterocycles. The molecule has 0 spiro atoms. The number of ketones is 1. The summed E-state index contributed by atoms with van der Waals surface area (Å²) in [5.41, 5.74) is 6.12. The van der Waals surface area contributed by atoms with Crippen LogP contribution in [0, 0.1) is 0 Å². The lowest BCUT2D eigenvalue weighted by Gasteiger charge is -2.31. The molecule has 4 atom stereocenters. The molecule has 1 aromatic carbocycles. The van der Waals surface area contributed by atoms with E-state index in [0.29, 0.717) is 11.3 Å². The van der Waals surface area contributed by atoms with Crippen LogP contribution in [0.15, 0.2) is 35.9 Å². The van der Waals surface area contributed by atoms with Crippen LogP contribution in [-0.2, 0) is 9.59 Å². The second-order valence-corrected chi connectivity index (χ2v) is 6.81. The van der Waals surface area contributed by atoms with Crippen molar-refractivity contribution in [2.45, 2.75) is 44.6 Å². The third kappa shape index (κ3) is 5.87. The highest BCUT2D eigenvalue weighted by molar-refractivity contribution is 5.97. The Hall–Kier alpha value is -3.24. The number of carbonyl (C=O) groups is 4. The van der Waals surface area contributed by atoms with Crippen molar-refractivity contribution in [3.63, 3.8) is 0 Å². The van der Waals surface area contributed by atoms with Gasteiger partial charge in [0.25, 0.3) is 0 Å². The number of primary amides is 1. The minimum Gasteiger partial charge on any atom is -0.390 e. The van der Waals surface area contributed by atoms with Gasteiger partial charge in [0.15, 0.2) is 5.78 Å². The van der Waals surface area contributed by atoms with Crippen LogP contribution in [0.25, 0.3) is 0 Å². The Morgan fingerprint density at radius 1 is 1.14 bits per heavy atom. The van der Waals surface area contributed by atoms with Gasteiger partial charge >= 0.3 is 6.03 Å². The second-order valence-electron chi connectivity index (χ2n) is 6.81. The Morgan fingerprint density at radius 3 is 2.31 bits per heavy atom. The highest BCUT2D eigenvalue weighted by atomic mass is 16.3. The Kier molecular flexibility index (Phi) is 7.08. The predicted octanol–water partition coefficient (Wildman–Crippen LogP) is -0.579. The van der Waals surface area contributed by atoms with Crippen molar-refractivity contribution in [1.82, 2.24) is 10.6 Å². The fourth-order valence-corrected chi connectivity index (χ4v) is 2.73. The number of aliphatic hydroxyl groups excluding tert-OH is 2. The lowest BCUT2D eigenvalue weighted by Crippen LogP contribution is -2.52. The normalized spacial score (nSPS) is 22.1. The summed E-state index contributed by atoms with van der Waals surface area (Å²) in [6.07, 6.45) is -1.44. The number of nitrogens with two attached hydrogens (primary N) is 1. The van der Waals surface area contributed by atoms with Crippen molar-refractivity contribution < 1.29 is 29.4 Å². The highest BCUT2D eigenvalue weighted by Crippen LogP contribution is 2.20. The molecule has 1 aliphatic carbocycles. The first-order chi connectivity index (χ1) is 13.6. The van der Waals surface area contributed by atoms with Gasteiger partial charge in [-0.2, -0.15) is 0 Å². The van der Waals surface area contributed by atoms with Crippen molar-refractivity contribution in [1.29, 1.82) is 0 Å². The average molecular weight is 404 g/mol. The largest absolute Gasteiger partial charge is 0.390 e. The third-order valence-electron chi connectivity index (χ3n) is 4.49. The SMILES string of the molecule is CC(=O)c1ccc(NC(=O)N[C@@H]2C=C(C(=O)N[C@H](C)C(N)=O)C[C@@H](O)[C@@H]2O)cc1. The summed E-state index contributed by atoms with van der Waals surface area (Å²) in [4.78, 5) is 46.8. The van der Waals surface area contributed by atoms with Gasteiger partial charge in [-0.15, -0.1) is 0 Å². The molecular weight excluding hydrogens is 380 g/mol. The maximum absolute atomic E-state index is 12.2. The quantitative estimate of drug-likeness (QED) is 0.346. The number of rotatable bonds is 6. The Balaban J connectivity index is 2.06. The van der Waals surface area contributed by atoms with Crippen LogP contribution >= 0.6 is 0 Å². The molecule has 10 heteroatoms. The molecule has 1 aliphatic rings. The van der Waals surface area contributed by atoms with E-state index in [0.717, 1.165) is 0 Å². The molecule has 1 aromatic rings. The van der Waals surface area contributed by atoms with Gasteiger partial charge in [0.2, 0.25) is 11.8 Å². The fraction of sp³-hybridized carbons (Fsp3) is 0.368. The van der Waals surface area contributed by atoms with E-state index in [1.165, 1.54) is 19.9 Å². The number of benzene rings is 1. The molecule has 29 heavy (non-hydrogen) atoms. The van der Waals surface area contributed by atoms with Crippen molar-refractivity contribution in [3.8, 4) is 0 Å². The molecule has 0 radical (unpaired) electrons. The van der Waals surface area contributed by atoms with E-state index in [1.54, 1.807) is 24.3 Å². The molecule has 0 heterocycles. The summed E-state index contributed by atoms with van der Waals surface area (Å²) in [6, 6.07) is 3.56. The summed E-state index contributed by atoms with van der Waals surface area (Å²) in [5, 5.41) is 27.6. The van der Waals surface area contributed by atoms with E-state index in [9.17, 15) is 29.4 Å². The first-order valence-corrected chi connectivity index (χ1v) is 8.94. The smallest absolute Gasteiger partial charge is 0.319 e. The van der Waals surface area contributed by atoms with Crippen LogP contribution < -0.4 is 21.7 Å². The average Bonchev–Trinajstić information content (AvgIpc) is 2.65. The van der Waals surface area contributed by atoms with Crippen LogP contribution in [0.1, 0.15) is 30.6 Å². The molecule has 156 valence electrons. The molecule has 0 saturated heterocycles. The maximum atomic E-state index is 12.2. The minimum absolute atomic E-state index is 0.104. The molecule has 0 aromatic heterocycles. The number of aliphatic hydroxyl groups is 2. The predicted molar refractivity (Wildman–Crippen MR) is 104 cm³/mol. The van der Waals surface area contributed by atoms with E-state index in [-0.39, 0.29) is 17.8 Å². The number of carbonyl (C=O) groups excluding carboxylic acids is 4. The van der Waals surface area contributed by atoms with E-state index in [4.69, 9.17) is 5.73 Å². The van der Waals surface area contributed by atoms with Crippen molar-refractivity contribution in [3.05, 3.63) is 41.5 Å². The highest BCUT2D eigenvalue weighted by Gasteiger charge is 2.34. The molecule has 0 fully saturated rings. The Labute approximate surface area is 167 Å².